The van der Waals surface area contributed by atoms with E-state index < -0.39 is 9.85 Å². The molecule has 0 bridgehead atoms. The molecular formula is C19H11N3O5. The maximum atomic E-state index is 11.2. The summed E-state index contributed by atoms with van der Waals surface area (Å²) >= 11 is 0. The highest BCUT2D eigenvalue weighted by Crippen LogP contribution is 2.36. The molecule has 8 heteroatoms. The molecule has 4 aromatic rings. The minimum Gasteiger partial charge on any atom is -0.508 e. The molecule has 1 N–H and O–H groups in total. The van der Waals surface area contributed by atoms with Crippen LogP contribution in [-0.2, 0) is 0 Å². The van der Waals surface area contributed by atoms with Crippen LogP contribution in [0, 0.1) is 20.2 Å². The molecule has 3 aromatic carbocycles. The number of non-ortho nitro benzene ring substituents is 2. The average Bonchev–Trinajstić information content (AvgIpc) is 2.67. The highest BCUT2D eigenvalue weighted by molar-refractivity contribution is 6.11. The van der Waals surface area contributed by atoms with Crippen LogP contribution in [0.2, 0.25) is 0 Å². The third-order valence-electron chi connectivity index (χ3n) is 4.32. The number of phenols is 1. The molecule has 0 amide bonds. The zero-order chi connectivity index (χ0) is 19.1. The number of nitrogens with zero attached hydrogens (tertiary/aromatic N) is 3. The summed E-state index contributed by atoms with van der Waals surface area (Å²) in [4.78, 5) is 25.8. The third-order valence-corrected chi connectivity index (χ3v) is 4.32. The summed E-state index contributed by atoms with van der Waals surface area (Å²) in [5, 5.41) is 33.7. The van der Waals surface area contributed by atoms with Crippen molar-refractivity contribution < 1.29 is 15.0 Å². The first-order valence-corrected chi connectivity index (χ1v) is 7.90. The van der Waals surface area contributed by atoms with E-state index >= 15 is 0 Å². The fourth-order valence-corrected chi connectivity index (χ4v) is 3.05. The van der Waals surface area contributed by atoms with Crippen LogP contribution in [-0.4, -0.2) is 19.9 Å². The fourth-order valence-electron chi connectivity index (χ4n) is 3.05. The maximum Gasteiger partial charge on any atom is 0.271 e. The number of nitro benzene ring substituents is 2. The van der Waals surface area contributed by atoms with Gasteiger partial charge in [-0.2, -0.15) is 0 Å². The quantitative estimate of drug-likeness (QED) is 0.324. The van der Waals surface area contributed by atoms with Gasteiger partial charge in [0.25, 0.3) is 11.4 Å². The molecule has 1 heterocycles. The summed E-state index contributed by atoms with van der Waals surface area (Å²) in [6.07, 6.45) is 0. The summed E-state index contributed by atoms with van der Waals surface area (Å²) in [5.41, 5.74) is 1.32. The number of hydrogen-bond acceptors (Lipinski definition) is 6. The monoisotopic (exact) mass is 361 g/mol. The van der Waals surface area contributed by atoms with Gasteiger partial charge in [0.05, 0.1) is 21.1 Å². The van der Waals surface area contributed by atoms with E-state index in [0.717, 1.165) is 0 Å². The molecule has 0 saturated heterocycles. The topological polar surface area (TPSA) is 119 Å². The Balaban J connectivity index is 2.12. The smallest absolute Gasteiger partial charge is 0.271 e. The van der Waals surface area contributed by atoms with E-state index in [1.54, 1.807) is 24.3 Å². The number of rotatable bonds is 3. The van der Waals surface area contributed by atoms with Crippen molar-refractivity contribution in [3.8, 4) is 17.0 Å². The molecule has 8 nitrogen and oxygen atoms in total. The Kier molecular flexibility index (Phi) is 3.66. The first-order chi connectivity index (χ1) is 12.9. The Morgan fingerprint density at radius 1 is 0.741 bits per heavy atom. The van der Waals surface area contributed by atoms with Crippen molar-refractivity contribution in [3.63, 3.8) is 0 Å². The number of aromatic hydroxyl groups is 1. The lowest BCUT2D eigenvalue weighted by Crippen LogP contribution is -1.94. The molecule has 0 fully saturated rings. The van der Waals surface area contributed by atoms with Crippen LogP contribution in [0.3, 0.4) is 0 Å². The van der Waals surface area contributed by atoms with Gasteiger partial charge in [0, 0.05) is 40.6 Å². The maximum absolute atomic E-state index is 11.2. The molecule has 1 aromatic heterocycles. The van der Waals surface area contributed by atoms with Crippen LogP contribution in [0.4, 0.5) is 11.4 Å². The highest BCUT2D eigenvalue weighted by atomic mass is 16.6. The van der Waals surface area contributed by atoms with E-state index in [1.165, 1.54) is 36.4 Å². The minimum absolute atomic E-state index is 0.0745. The number of aromatic nitrogens is 1. The van der Waals surface area contributed by atoms with E-state index in [2.05, 4.69) is 4.98 Å². The van der Waals surface area contributed by atoms with Crippen LogP contribution in [0.25, 0.3) is 32.9 Å². The largest absolute Gasteiger partial charge is 0.508 e. The lowest BCUT2D eigenvalue weighted by atomic mass is 9.99. The van der Waals surface area contributed by atoms with Crippen LogP contribution < -0.4 is 0 Å². The van der Waals surface area contributed by atoms with Crippen LogP contribution in [0.1, 0.15) is 0 Å². The van der Waals surface area contributed by atoms with Gasteiger partial charge in [-0.25, -0.2) is 4.98 Å². The van der Waals surface area contributed by atoms with Crippen molar-refractivity contribution in [2.24, 2.45) is 0 Å². The van der Waals surface area contributed by atoms with Crippen molar-refractivity contribution in [1.29, 1.82) is 0 Å². The molecule has 0 aliphatic rings. The van der Waals surface area contributed by atoms with Gasteiger partial charge in [-0.1, -0.05) is 0 Å². The van der Waals surface area contributed by atoms with E-state index in [9.17, 15) is 25.3 Å². The van der Waals surface area contributed by atoms with Gasteiger partial charge in [0.1, 0.15) is 5.75 Å². The normalized spacial score (nSPS) is 11.0. The van der Waals surface area contributed by atoms with E-state index in [1.807, 2.05) is 0 Å². The van der Waals surface area contributed by atoms with E-state index in [0.29, 0.717) is 32.9 Å². The number of pyridine rings is 1. The van der Waals surface area contributed by atoms with Gasteiger partial charge in [-0.15, -0.1) is 0 Å². The van der Waals surface area contributed by atoms with Crippen molar-refractivity contribution in [1.82, 2.24) is 4.98 Å². The van der Waals surface area contributed by atoms with Gasteiger partial charge in [-0.3, -0.25) is 20.2 Å². The highest BCUT2D eigenvalue weighted by Gasteiger charge is 2.16. The summed E-state index contributed by atoms with van der Waals surface area (Å²) in [6, 6.07) is 15.0. The summed E-state index contributed by atoms with van der Waals surface area (Å²) < 4.78 is 0. The average molecular weight is 361 g/mol. The summed E-state index contributed by atoms with van der Waals surface area (Å²) in [7, 11) is 0. The van der Waals surface area contributed by atoms with Crippen LogP contribution >= 0.6 is 0 Å². The lowest BCUT2D eigenvalue weighted by Gasteiger charge is -2.10. The van der Waals surface area contributed by atoms with Crippen molar-refractivity contribution in [2.45, 2.75) is 0 Å². The number of hydrogen-bond donors (Lipinski definition) is 1. The van der Waals surface area contributed by atoms with Crippen molar-refractivity contribution in [3.05, 3.63) is 80.9 Å². The number of nitro groups is 2. The molecule has 0 unspecified atom stereocenters. The Hall–Kier alpha value is -4.07. The third kappa shape index (κ3) is 2.78. The predicted octanol–water partition coefficient (Wildman–Crippen LogP) is 4.58. The molecule has 0 aliphatic heterocycles. The van der Waals surface area contributed by atoms with Gasteiger partial charge in [-0.05, 0) is 41.8 Å². The molecule has 0 saturated carbocycles. The van der Waals surface area contributed by atoms with Gasteiger partial charge in [0.15, 0.2) is 0 Å². The SMILES string of the molecule is O=[N+]([O-])c1ccc2c(c1)nc(-c1ccc(O)cc1)c1cc([N+](=O)[O-])ccc12. The second-order valence-electron chi connectivity index (χ2n) is 5.95. The zero-order valence-corrected chi connectivity index (χ0v) is 13.7. The first-order valence-electron chi connectivity index (χ1n) is 7.90. The summed E-state index contributed by atoms with van der Waals surface area (Å²) in [6.45, 7) is 0. The molecule has 27 heavy (non-hydrogen) atoms. The van der Waals surface area contributed by atoms with E-state index in [-0.39, 0.29) is 17.1 Å². The minimum atomic E-state index is -0.499. The standard InChI is InChI=1S/C19H11N3O5/c23-14-5-1-11(2-6-14)19-17-9-12(21(24)25)3-7-15(17)16-8-4-13(22(26)27)10-18(16)20-19/h1-10,23H. The molecule has 0 aliphatic carbocycles. The van der Waals surface area contributed by atoms with Gasteiger partial charge in [0.2, 0.25) is 0 Å². The Labute approximate surface area is 151 Å². The molecule has 0 radical (unpaired) electrons. The number of phenolic OH excluding ortho intramolecular Hbond substituents is 1. The van der Waals surface area contributed by atoms with Crippen molar-refractivity contribution in [2.75, 3.05) is 0 Å². The van der Waals surface area contributed by atoms with Crippen LogP contribution in [0.15, 0.2) is 60.7 Å². The lowest BCUT2D eigenvalue weighted by molar-refractivity contribution is -0.384. The number of benzene rings is 3. The van der Waals surface area contributed by atoms with Crippen LogP contribution in [0.5, 0.6) is 5.75 Å². The molecular weight excluding hydrogens is 350 g/mol. The van der Waals surface area contributed by atoms with Crippen molar-refractivity contribution >= 4 is 33.1 Å². The van der Waals surface area contributed by atoms with Gasteiger partial charge >= 0.3 is 0 Å². The molecule has 0 spiro atoms. The summed E-state index contributed by atoms with van der Waals surface area (Å²) in [5.74, 6) is 0.0745. The number of fused-ring (bicyclic) bond motifs is 3. The second-order valence-corrected chi connectivity index (χ2v) is 5.95. The first kappa shape index (κ1) is 16.4. The second kappa shape index (κ2) is 6.03. The zero-order valence-electron chi connectivity index (χ0n) is 13.7. The molecule has 132 valence electrons. The fraction of sp³-hybridized carbons (Fsp3) is 0. The Morgan fingerprint density at radius 3 is 1.96 bits per heavy atom. The predicted molar refractivity (Wildman–Crippen MR) is 99.7 cm³/mol. The van der Waals surface area contributed by atoms with E-state index in [4.69, 9.17) is 0 Å². The Bertz CT molecular complexity index is 1240. The van der Waals surface area contributed by atoms with Gasteiger partial charge < -0.3 is 5.11 Å². The molecule has 4 rings (SSSR count). The Morgan fingerprint density at radius 2 is 1.33 bits per heavy atom. The molecule has 0 atom stereocenters.